The van der Waals surface area contributed by atoms with Gasteiger partial charge in [0, 0.05) is 12.5 Å². The maximum atomic E-state index is 10.4. The van der Waals surface area contributed by atoms with Gasteiger partial charge in [-0.2, -0.15) is 0 Å². The van der Waals surface area contributed by atoms with E-state index in [4.69, 9.17) is 9.15 Å². The predicted octanol–water partition coefficient (Wildman–Crippen LogP) is 2.98. The average molecular weight is 234 g/mol. The van der Waals surface area contributed by atoms with Gasteiger partial charge in [0.05, 0.1) is 6.10 Å². The first-order valence-electron chi connectivity index (χ1n) is 5.71. The molecule has 1 N–H and O–H groups in total. The van der Waals surface area contributed by atoms with Gasteiger partial charge < -0.3 is 14.3 Å². The van der Waals surface area contributed by atoms with Gasteiger partial charge in [-0.15, -0.1) is 0 Å². The molecule has 0 aliphatic rings. The Labute approximate surface area is 101 Å². The number of furan rings is 1. The van der Waals surface area contributed by atoms with Crippen LogP contribution in [-0.2, 0) is 10.3 Å². The zero-order chi connectivity index (χ0) is 12.6. The second-order valence-corrected chi connectivity index (χ2v) is 4.68. The summed E-state index contributed by atoms with van der Waals surface area (Å²) in [7, 11) is 1.58. The average Bonchev–Trinajstić information content (AvgIpc) is 2.71. The molecule has 2 rings (SSSR count). The highest BCUT2D eigenvalue weighted by atomic mass is 16.5. The van der Waals surface area contributed by atoms with Crippen molar-refractivity contribution in [3.05, 3.63) is 35.6 Å². The third-order valence-electron chi connectivity index (χ3n) is 3.32. The quantitative estimate of drug-likeness (QED) is 0.887. The SMILES string of the molecule is COC(C)C(C)(O)c1cc2cc(C)ccc2o1. The summed E-state index contributed by atoms with van der Waals surface area (Å²) in [5.41, 5.74) is 0.834. The highest BCUT2D eigenvalue weighted by molar-refractivity contribution is 5.78. The lowest BCUT2D eigenvalue weighted by Crippen LogP contribution is -2.35. The molecule has 17 heavy (non-hydrogen) atoms. The van der Waals surface area contributed by atoms with Crippen LogP contribution in [-0.4, -0.2) is 18.3 Å². The molecule has 2 atom stereocenters. The maximum Gasteiger partial charge on any atom is 0.145 e. The topological polar surface area (TPSA) is 42.6 Å². The van der Waals surface area contributed by atoms with Gasteiger partial charge in [0.15, 0.2) is 0 Å². The Hall–Kier alpha value is -1.32. The molecule has 2 unspecified atom stereocenters. The number of methoxy groups -OCH3 is 1. The Balaban J connectivity index is 2.49. The van der Waals surface area contributed by atoms with E-state index in [-0.39, 0.29) is 6.10 Å². The Bertz CT molecular complexity index is 525. The molecule has 1 heterocycles. The minimum Gasteiger partial charge on any atom is -0.458 e. The molecule has 3 nitrogen and oxygen atoms in total. The van der Waals surface area contributed by atoms with Crippen molar-refractivity contribution < 1.29 is 14.3 Å². The largest absolute Gasteiger partial charge is 0.458 e. The molecule has 92 valence electrons. The summed E-state index contributed by atoms with van der Waals surface area (Å²) in [4.78, 5) is 0. The van der Waals surface area contributed by atoms with Crippen molar-refractivity contribution in [2.24, 2.45) is 0 Å². The standard InChI is InChI=1S/C14H18O3/c1-9-5-6-12-11(7-9)8-13(17-12)14(3,15)10(2)16-4/h5-8,10,15H,1-4H3. The molecule has 0 saturated heterocycles. The minimum atomic E-state index is -1.12. The molecule has 3 heteroatoms. The van der Waals surface area contributed by atoms with Gasteiger partial charge in [-0.3, -0.25) is 0 Å². The molecule has 0 radical (unpaired) electrons. The van der Waals surface area contributed by atoms with E-state index in [2.05, 4.69) is 0 Å². The number of benzene rings is 1. The molecule has 0 saturated carbocycles. The molecule has 2 aromatic rings. The van der Waals surface area contributed by atoms with E-state index in [9.17, 15) is 5.11 Å². The summed E-state index contributed by atoms with van der Waals surface area (Å²) >= 11 is 0. The highest BCUT2D eigenvalue weighted by Crippen LogP contribution is 2.31. The van der Waals surface area contributed by atoms with Gasteiger partial charge in [0.25, 0.3) is 0 Å². The van der Waals surface area contributed by atoms with Crippen LogP contribution in [0.5, 0.6) is 0 Å². The first-order chi connectivity index (χ1) is 7.95. The number of fused-ring (bicyclic) bond motifs is 1. The lowest BCUT2D eigenvalue weighted by molar-refractivity contribution is -0.0885. The lowest BCUT2D eigenvalue weighted by atomic mass is 9.97. The first-order valence-corrected chi connectivity index (χ1v) is 5.71. The second-order valence-electron chi connectivity index (χ2n) is 4.68. The summed E-state index contributed by atoms with van der Waals surface area (Å²) in [6.45, 7) is 5.55. The van der Waals surface area contributed by atoms with Crippen molar-refractivity contribution in [1.82, 2.24) is 0 Å². The van der Waals surface area contributed by atoms with Gasteiger partial charge in [0.2, 0.25) is 0 Å². The number of aliphatic hydroxyl groups is 1. The Morgan fingerprint density at radius 3 is 2.71 bits per heavy atom. The van der Waals surface area contributed by atoms with Crippen molar-refractivity contribution >= 4 is 11.0 Å². The fourth-order valence-corrected chi connectivity index (χ4v) is 1.84. The van der Waals surface area contributed by atoms with E-state index < -0.39 is 5.60 Å². The molecule has 0 fully saturated rings. The molecule has 0 amide bonds. The molecular weight excluding hydrogens is 216 g/mol. The number of hydrogen-bond donors (Lipinski definition) is 1. The smallest absolute Gasteiger partial charge is 0.145 e. The minimum absolute atomic E-state index is 0.329. The van der Waals surface area contributed by atoms with Gasteiger partial charge in [-0.1, -0.05) is 11.6 Å². The van der Waals surface area contributed by atoms with E-state index in [1.165, 1.54) is 5.56 Å². The summed E-state index contributed by atoms with van der Waals surface area (Å²) in [5.74, 6) is 0.535. The molecule has 0 bridgehead atoms. The molecule has 0 aliphatic heterocycles. The molecule has 1 aromatic carbocycles. The fraction of sp³-hybridized carbons (Fsp3) is 0.429. The van der Waals surface area contributed by atoms with Crippen LogP contribution >= 0.6 is 0 Å². The van der Waals surface area contributed by atoms with Gasteiger partial charge in [0.1, 0.15) is 16.9 Å². The Kier molecular flexibility index (Phi) is 2.98. The summed E-state index contributed by atoms with van der Waals surface area (Å²) in [6.07, 6.45) is -0.329. The number of ether oxygens (including phenoxy) is 1. The Morgan fingerprint density at radius 1 is 1.35 bits per heavy atom. The third-order valence-corrected chi connectivity index (χ3v) is 3.32. The zero-order valence-electron chi connectivity index (χ0n) is 10.7. The van der Waals surface area contributed by atoms with E-state index >= 15 is 0 Å². The van der Waals surface area contributed by atoms with Crippen LogP contribution in [0, 0.1) is 6.92 Å². The second kappa shape index (κ2) is 4.17. The van der Waals surface area contributed by atoms with Crippen LogP contribution in [0.3, 0.4) is 0 Å². The lowest BCUT2D eigenvalue weighted by Gasteiger charge is -2.26. The number of aryl methyl sites for hydroxylation is 1. The molecule has 0 spiro atoms. The monoisotopic (exact) mass is 234 g/mol. The van der Waals surface area contributed by atoms with Crippen LogP contribution in [0.4, 0.5) is 0 Å². The maximum absolute atomic E-state index is 10.4. The molecule has 1 aromatic heterocycles. The first kappa shape index (κ1) is 12.1. The van der Waals surface area contributed by atoms with Crippen molar-refractivity contribution in [2.45, 2.75) is 32.5 Å². The summed E-state index contributed by atoms with van der Waals surface area (Å²) in [5, 5.41) is 11.4. The normalized spacial score (nSPS) is 17.0. The van der Waals surface area contributed by atoms with Crippen molar-refractivity contribution in [2.75, 3.05) is 7.11 Å². The van der Waals surface area contributed by atoms with E-state index in [0.29, 0.717) is 5.76 Å². The van der Waals surface area contributed by atoms with Crippen LogP contribution in [0.15, 0.2) is 28.7 Å². The van der Waals surface area contributed by atoms with E-state index in [0.717, 1.165) is 11.0 Å². The number of rotatable bonds is 3. The van der Waals surface area contributed by atoms with Crippen LogP contribution < -0.4 is 0 Å². The summed E-state index contributed by atoms with van der Waals surface area (Å²) < 4.78 is 10.9. The zero-order valence-corrected chi connectivity index (χ0v) is 10.7. The third kappa shape index (κ3) is 2.08. The Morgan fingerprint density at radius 2 is 2.06 bits per heavy atom. The van der Waals surface area contributed by atoms with E-state index in [1.807, 2.05) is 38.1 Å². The van der Waals surface area contributed by atoms with Crippen molar-refractivity contribution in [3.63, 3.8) is 0 Å². The van der Waals surface area contributed by atoms with Crippen LogP contribution in [0.2, 0.25) is 0 Å². The van der Waals surface area contributed by atoms with Crippen LogP contribution in [0.1, 0.15) is 25.2 Å². The van der Waals surface area contributed by atoms with Crippen molar-refractivity contribution in [1.29, 1.82) is 0 Å². The molecular formula is C14H18O3. The van der Waals surface area contributed by atoms with Crippen LogP contribution in [0.25, 0.3) is 11.0 Å². The van der Waals surface area contributed by atoms with Crippen molar-refractivity contribution in [3.8, 4) is 0 Å². The number of hydrogen-bond acceptors (Lipinski definition) is 3. The summed E-state index contributed by atoms with van der Waals surface area (Å²) in [6, 6.07) is 7.82. The van der Waals surface area contributed by atoms with Gasteiger partial charge in [-0.05, 0) is 39.0 Å². The van der Waals surface area contributed by atoms with Gasteiger partial charge >= 0.3 is 0 Å². The fourth-order valence-electron chi connectivity index (χ4n) is 1.84. The predicted molar refractivity (Wildman–Crippen MR) is 67.0 cm³/mol. The van der Waals surface area contributed by atoms with Gasteiger partial charge in [-0.25, -0.2) is 0 Å². The van der Waals surface area contributed by atoms with E-state index in [1.54, 1.807) is 14.0 Å². The molecule has 0 aliphatic carbocycles. The highest BCUT2D eigenvalue weighted by Gasteiger charge is 2.34.